The lowest BCUT2D eigenvalue weighted by Gasteiger charge is -2.31. The summed E-state index contributed by atoms with van der Waals surface area (Å²) in [4.78, 5) is 13.2. The number of carbonyl (C=O) groups excluding carboxylic acids is 1. The number of carbonyl (C=O) groups is 1. The van der Waals surface area contributed by atoms with Gasteiger partial charge in [0, 0.05) is 18.7 Å². The first-order chi connectivity index (χ1) is 13.1. The monoisotopic (exact) mass is 356 g/mol. The van der Waals surface area contributed by atoms with E-state index >= 15 is 0 Å². The molecule has 0 atom stereocenters. The highest BCUT2D eigenvalue weighted by Crippen LogP contribution is 2.31. The van der Waals surface area contributed by atoms with Crippen molar-refractivity contribution in [2.75, 3.05) is 11.4 Å². The van der Waals surface area contributed by atoms with Crippen molar-refractivity contribution in [1.82, 2.24) is 9.78 Å². The Labute approximate surface area is 158 Å². The van der Waals surface area contributed by atoms with Gasteiger partial charge in [-0.15, -0.1) is 0 Å². The highest BCUT2D eigenvalue weighted by Gasteiger charge is 2.25. The Balaban J connectivity index is 1.78. The SMILES string of the molecule is Cc1ccc(-n2nc(C)c(C#N)c2N2CCc3cc(C=O)ccc3C2)cc1. The Kier molecular flexibility index (Phi) is 4.25. The first-order valence-electron chi connectivity index (χ1n) is 8.99. The van der Waals surface area contributed by atoms with Crippen molar-refractivity contribution in [1.29, 1.82) is 5.26 Å². The lowest BCUT2D eigenvalue weighted by molar-refractivity contribution is 0.112. The fourth-order valence-corrected chi connectivity index (χ4v) is 3.63. The molecule has 0 N–H and O–H groups in total. The van der Waals surface area contributed by atoms with Crippen molar-refractivity contribution < 1.29 is 4.79 Å². The molecule has 0 bridgehead atoms. The first-order valence-corrected chi connectivity index (χ1v) is 8.99. The molecule has 0 fully saturated rings. The fourth-order valence-electron chi connectivity index (χ4n) is 3.63. The smallest absolute Gasteiger partial charge is 0.151 e. The fraction of sp³-hybridized carbons (Fsp3) is 0.227. The molecule has 5 nitrogen and oxygen atoms in total. The van der Waals surface area contributed by atoms with E-state index in [4.69, 9.17) is 0 Å². The number of rotatable bonds is 3. The minimum Gasteiger partial charge on any atom is -0.351 e. The normalized spacial score (nSPS) is 13.1. The number of anilines is 1. The lowest BCUT2D eigenvalue weighted by Crippen LogP contribution is -2.32. The van der Waals surface area contributed by atoms with Crippen LogP contribution in [0.25, 0.3) is 5.69 Å². The largest absolute Gasteiger partial charge is 0.351 e. The highest BCUT2D eigenvalue weighted by molar-refractivity contribution is 5.75. The van der Waals surface area contributed by atoms with E-state index in [0.29, 0.717) is 17.7 Å². The molecule has 1 aliphatic rings. The molecule has 0 unspecified atom stereocenters. The Bertz CT molecular complexity index is 1060. The molecule has 0 amide bonds. The van der Waals surface area contributed by atoms with Crippen molar-refractivity contribution in [2.24, 2.45) is 0 Å². The van der Waals surface area contributed by atoms with E-state index in [-0.39, 0.29) is 0 Å². The average molecular weight is 356 g/mol. The second-order valence-corrected chi connectivity index (χ2v) is 6.96. The molecule has 2 aromatic carbocycles. The Morgan fingerprint density at radius 3 is 2.59 bits per heavy atom. The summed E-state index contributed by atoms with van der Waals surface area (Å²) in [6.07, 6.45) is 1.72. The van der Waals surface area contributed by atoms with E-state index in [1.165, 1.54) is 16.7 Å². The van der Waals surface area contributed by atoms with Crippen LogP contribution in [0.4, 0.5) is 5.82 Å². The van der Waals surface area contributed by atoms with E-state index in [2.05, 4.69) is 35.1 Å². The number of fused-ring (bicyclic) bond motifs is 1. The Morgan fingerprint density at radius 2 is 1.89 bits per heavy atom. The molecule has 5 heteroatoms. The van der Waals surface area contributed by atoms with Gasteiger partial charge in [-0.1, -0.05) is 29.8 Å². The maximum absolute atomic E-state index is 11.0. The summed E-state index contributed by atoms with van der Waals surface area (Å²) >= 11 is 0. The van der Waals surface area contributed by atoms with E-state index in [0.717, 1.165) is 36.5 Å². The van der Waals surface area contributed by atoms with Crippen LogP contribution in [0.15, 0.2) is 42.5 Å². The molecular weight excluding hydrogens is 336 g/mol. The van der Waals surface area contributed by atoms with Crippen molar-refractivity contribution in [3.05, 3.63) is 76.0 Å². The maximum Gasteiger partial charge on any atom is 0.151 e. The molecular formula is C22H20N4O. The van der Waals surface area contributed by atoms with Crippen LogP contribution in [-0.2, 0) is 13.0 Å². The Morgan fingerprint density at radius 1 is 1.11 bits per heavy atom. The molecule has 1 aromatic heterocycles. The number of benzene rings is 2. The molecule has 0 aliphatic carbocycles. The van der Waals surface area contributed by atoms with Gasteiger partial charge < -0.3 is 4.90 Å². The minimum absolute atomic E-state index is 0.614. The third-order valence-corrected chi connectivity index (χ3v) is 5.10. The predicted molar refractivity (Wildman–Crippen MR) is 104 cm³/mol. The summed E-state index contributed by atoms with van der Waals surface area (Å²) in [5.74, 6) is 0.837. The summed E-state index contributed by atoms with van der Waals surface area (Å²) in [7, 11) is 0. The van der Waals surface area contributed by atoms with Crippen LogP contribution in [0.3, 0.4) is 0 Å². The maximum atomic E-state index is 11.0. The van der Waals surface area contributed by atoms with Crippen molar-refractivity contribution in [3.8, 4) is 11.8 Å². The zero-order chi connectivity index (χ0) is 19.0. The molecule has 3 aromatic rings. The highest BCUT2D eigenvalue weighted by atomic mass is 16.1. The van der Waals surface area contributed by atoms with E-state index in [1.54, 1.807) is 0 Å². The topological polar surface area (TPSA) is 61.9 Å². The quantitative estimate of drug-likeness (QED) is 0.671. The number of hydrogen-bond donors (Lipinski definition) is 0. The number of aldehydes is 1. The van der Waals surface area contributed by atoms with Gasteiger partial charge in [-0.05, 0) is 49.6 Å². The van der Waals surface area contributed by atoms with Gasteiger partial charge in [-0.3, -0.25) is 4.79 Å². The molecule has 134 valence electrons. The standard InChI is InChI=1S/C22H20N4O/c1-15-3-7-20(8-4-15)26-22(21(12-23)16(2)24-26)25-10-9-18-11-17(14-27)5-6-19(18)13-25/h3-8,11,14H,9-10,13H2,1-2H3. The molecule has 0 radical (unpaired) electrons. The molecule has 4 rings (SSSR count). The van der Waals surface area contributed by atoms with Crippen LogP contribution < -0.4 is 4.90 Å². The van der Waals surface area contributed by atoms with Crippen LogP contribution in [0.5, 0.6) is 0 Å². The average Bonchev–Trinajstić information content (AvgIpc) is 3.03. The van der Waals surface area contributed by atoms with Gasteiger partial charge in [0.25, 0.3) is 0 Å². The molecule has 2 heterocycles. The summed E-state index contributed by atoms with van der Waals surface area (Å²) in [5.41, 5.74) is 6.57. The van der Waals surface area contributed by atoms with Gasteiger partial charge in [0.1, 0.15) is 17.9 Å². The van der Waals surface area contributed by atoms with Gasteiger partial charge in [0.2, 0.25) is 0 Å². The first kappa shape index (κ1) is 17.0. The van der Waals surface area contributed by atoms with Crippen molar-refractivity contribution >= 4 is 12.1 Å². The van der Waals surface area contributed by atoms with Crippen molar-refractivity contribution in [2.45, 2.75) is 26.8 Å². The number of aromatic nitrogens is 2. The number of aryl methyl sites for hydroxylation is 2. The van der Waals surface area contributed by atoms with Gasteiger partial charge >= 0.3 is 0 Å². The summed E-state index contributed by atoms with van der Waals surface area (Å²) < 4.78 is 1.87. The number of hydrogen-bond acceptors (Lipinski definition) is 4. The third kappa shape index (κ3) is 3.00. The summed E-state index contributed by atoms with van der Waals surface area (Å²) in [6.45, 7) is 5.40. The van der Waals surface area contributed by atoms with Gasteiger partial charge in [0.05, 0.1) is 11.4 Å². The molecule has 0 spiro atoms. The zero-order valence-corrected chi connectivity index (χ0v) is 15.4. The van der Waals surface area contributed by atoms with Crippen LogP contribution in [0.2, 0.25) is 0 Å². The van der Waals surface area contributed by atoms with Crippen LogP contribution >= 0.6 is 0 Å². The lowest BCUT2D eigenvalue weighted by atomic mass is 9.97. The van der Waals surface area contributed by atoms with E-state index in [1.807, 2.05) is 41.9 Å². The third-order valence-electron chi connectivity index (χ3n) is 5.10. The van der Waals surface area contributed by atoms with E-state index in [9.17, 15) is 10.1 Å². The molecule has 0 saturated carbocycles. The minimum atomic E-state index is 0.614. The van der Waals surface area contributed by atoms with Gasteiger partial charge in [0.15, 0.2) is 5.82 Å². The molecule has 0 saturated heterocycles. The summed E-state index contributed by atoms with van der Waals surface area (Å²) in [5, 5.41) is 14.4. The van der Waals surface area contributed by atoms with Gasteiger partial charge in [-0.25, -0.2) is 4.68 Å². The van der Waals surface area contributed by atoms with Crippen LogP contribution in [-0.4, -0.2) is 22.6 Å². The number of nitrogens with zero attached hydrogens (tertiary/aromatic N) is 4. The van der Waals surface area contributed by atoms with Crippen LogP contribution in [0.1, 0.15) is 38.3 Å². The predicted octanol–water partition coefficient (Wildman–Crippen LogP) is 3.74. The number of nitriles is 1. The van der Waals surface area contributed by atoms with E-state index < -0.39 is 0 Å². The molecule has 27 heavy (non-hydrogen) atoms. The zero-order valence-electron chi connectivity index (χ0n) is 15.4. The molecule has 1 aliphatic heterocycles. The van der Waals surface area contributed by atoms with Crippen LogP contribution in [0, 0.1) is 25.2 Å². The summed E-state index contributed by atoms with van der Waals surface area (Å²) in [6, 6.07) is 16.3. The Hall–Kier alpha value is -3.39. The van der Waals surface area contributed by atoms with Gasteiger partial charge in [-0.2, -0.15) is 10.4 Å². The second kappa shape index (κ2) is 6.73. The second-order valence-electron chi connectivity index (χ2n) is 6.96. The van der Waals surface area contributed by atoms with Crippen molar-refractivity contribution in [3.63, 3.8) is 0 Å².